The topological polar surface area (TPSA) is 79.1 Å². The molecule has 0 saturated carbocycles. The minimum Gasteiger partial charge on any atom is -0.465 e. The summed E-state index contributed by atoms with van der Waals surface area (Å²) >= 11 is 0. The summed E-state index contributed by atoms with van der Waals surface area (Å²) in [6.45, 7) is 10.6. The van der Waals surface area contributed by atoms with Gasteiger partial charge in [0.25, 0.3) is 0 Å². The van der Waals surface area contributed by atoms with Crippen molar-refractivity contribution < 1.29 is 13.9 Å². The van der Waals surface area contributed by atoms with Crippen LogP contribution < -0.4 is 10.6 Å². The number of likely N-dealkylation sites (tertiary alicyclic amines) is 1. The SMILES string of the molecule is CCCN1CCC(NC(=NCc2cc(C(=O)OC)c(C)o2)NCC)CC1. The Kier molecular flexibility index (Phi) is 7.97. The van der Waals surface area contributed by atoms with E-state index in [1.165, 1.54) is 20.1 Å². The summed E-state index contributed by atoms with van der Waals surface area (Å²) in [6, 6.07) is 2.14. The van der Waals surface area contributed by atoms with Crippen LogP contribution in [0.3, 0.4) is 0 Å². The van der Waals surface area contributed by atoms with Crippen LogP contribution in [0.25, 0.3) is 0 Å². The van der Waals surface area contributed by atoms with Gasteiger partial charge in [0.05, 0.1) is 7.11 Å². The molecule has 0 bridgehead atoms. The summed E-state index contributed by atoms with van der Waals surface area (Å²) in [5, 5.41) is 6.81. The average Bonchev–Trinajstić information content (AvgIpc) is 3.02. The highest BCUT2D eigenvalue weighted by molar-refractivity contribution is 5.90. The number of guanidine groups is 1. The summed E-state index contributed by atoms with van der Waals surface area (Å²) in [6.07, 6.45) is 3.45. The number of carbonyl (C=O) groups is 1. The van der Waals surface area contributed by atoms with E-state index < -0.39 is 0 Å². The molecule has 7 heteroatoms. The number of esters is 1. The lowest BCUT2D eigenvalue weighted by molar-refractivity contribution is 0.0599. The van der Waals surface area contributed by atoms with Gasteiger partial charge in [0, 0.05) is 25.7 Å². The number of nitrogens with one attached hydrogen (secondary N) is 2. The van der Waals surface area contributed by atoms with Crippen LogP contribution in [-0.4, -0.2) is 56.2 Å². The summed E-state index contributed by atoms with van der Waals surface area (Å²) in [7, 11) is 1.37. The normalized spacial score (nSPS) is 16.5. The van der Waals surface area contributed by atoms with Gasteiger partial charge in [0.15, 0.2) is 5.96 Å². The van der Waals surface area contributed by atoms with Crippen LogP contribution >= 0.6 is 0 Å². The van der Waals surface area contributed by atoms with E-state index in [9.17, 15) is 4.79 Å². The minimum atomic E-state index is -0.384. The lowest BCUT2D eigenvalue weighted by Gasteiger charge is -2.32. The molecule has 0 aromatic carbocycles. The molecule has 0 amide bonds. The predicted molar refractivity (Wildman–Crippen MR) is 102 cm³/mol. The monoisotopic (exact) mass is 364 g/mol. The summed E-state index contributed by atoms with van der Waals surface area (Å²) in [4.78, 5) is 18.8. The highest BCUT2D eigenvalue weighted by Gasteiger charge is 2.19. The molecule has 26 heavy (non-hydrogen) atoms. The lowest BCUT2D eigenvalue weighted by Crippen LogP contribution is -2.48. The van der Waals surface area contributed by atoms with Gasteiger partial charge in [-0.25, -0.2) is 9.79 Å². The Hall–Kier alpha value is -2.02. The van der Waals surface area contributed by atoms with Gasteiger partial charge < -0.3 is 24.7 Å². The number of ether oxygens (including phenoxy) is 1. The zero-order chi connectivity index (χ0) is 18.9. The predicted octanol–water partition coefficient (Wildman–Crippen LogP) is 2.30. The molecular weight excluding hydrogens is 332 g/mol. The lowest BCUT2D eigenvalue weighted by atomic mass is 10.1. The first-order valence-corrected chi connectivity index (χ1v) is 9.52. The molecule has 1 aromatic heterocycles. The number of carbonyl (C=O) groups excluding carboxylic acids is 1. The van der Waals surface area contributed by atoms with Crippen LogP contribution in [0.5, 0.6) is 0 Å². The molecule has 0 radical (unpaired) electrons. The Balaban J connectivity index is 1.93. The molecule has 1 fully saturated rings. The number of aliphatic imine (C=N–C) groups is 1. The Morgan fingerprint density at radius 3 is 2.73 bits per heavy atom. The largest absolute Gasteiger partial charge is 0.465 e. The van der Waals surface area contributed by atoms with Crippen molar-refractivity contribution in [3.05, 3.63) is 23.2 Å². The van der Waals surface area contributed by atoms with Crippen LogP contribution in [0.2, 0.25) is 0 Å². The van der Waals surface area contributed by atoms with E-state index in [-0.39, 0.29) is 5.97 Å². The molecule has 1 aliphatic heterocycles. The number of methoxy groups -OCH3 is 1. The first-order chi connectivity index (χ1) is 12.6. The van der Waals surface area contributed by atoms with E-state index in [2.05, 4.69) is 27.4 Å². The van der Waals surface area contributed by atoms with Crippen LogP contribution in [0, 0.1) is 6.92 Å². The summed E-state index contributed by atoms with van der Waals surface area (Å²) in [5.41, 5.74) is 0.457. The Bertz CT molecular complexity index is 604. The molecule has 1 saturated heterocycles. The number of nitrogens with zero attached hydrogens (tertiary/aromatic N) is 2. The van der Waals surface area contributed by atoms with Gasteiger partial charge in [-0.2, -0.15) is 0 Å². The second kappa shape index (κ2) is 10.2. The molecule has 0 atom stereocenters. The van der Waals surface area contributed by atoms with E-state index >= 15 is 0 Å². The number of hydrogen-bond donors (Lipinski definition) is 2. The quantitative estimate of drug-likeness (QED) is 0.439. The molecule has 0 unspecified atom stereocenters. The van der Waals surface area contributed by atoms with E-state index in [1.807, 2.05) is 6.92 Å². The molecule has 0 aliphatic carbocycles. The zero-order valence-electron chi connectivity index (χ0n) is 16.4. The maximum atomic E-state index is 11.7. The molecule has 0 spiro atoms. The van der Waals surface area contributed by atoms with E-state index in [0.717, 1.165) is 38.4 Å². The van der Waals surface area contributed by atoms with Crippen molar-refractivity contribution >= 4 is 11.9 Å². The molecule has 1 aromatic rings. The van der Waals surface area contributed by atoms with Crippen molar-refractivity contribution in [1.29, 1.82) is 0 Å². The van der Waals surface area contributed by atoms with Crippen molar-refractivity contribution in [2.24, 2.45) is 4.99 Å². The average molecular weight is 364 g/mol. The second-order valence-electron chi connectivity index (χ2n) is 6.63. The Morgan fingerprint density at radius 1 is 1.38 bits per heavy atom. The van der Waals surface area contributed by atoms with Crippen LogP contribution in [0.15, 0.2) is 15.5 Å². The van der Waals surface area contributed by atoms with Crippen molar-refractivity contribution in [1.82, 2.24) is 15.5 Å². The third-order valence-electron chi connectivity index (χ3n) is 4.58. The minimum absolute atomic E-state index is 0.377. The molecule has 7 nitrogen and oxygen atoms in total. The third kappa shape index (κ3) is 5.76. The van der Waals surface area contributed by atoms with Gasteiger partial charge in [-0.3, -0.25) is 0 Å². The van der Waals surface area contributed by atoms with Gasteiger partial charge in [0.1, 0.15) is 23.6 Å². The van der Waals surface area contributed by atoms with Gasteiger partial charge in [0.2, 0.25) is 0 Å². The van der Waals surface area contributed by atoms with Crippen molar-refractivity contribution in [2.75, 3.05) is 33.3 Å². The number of hydrogen-bond acceptors (Lipinski definition) is 5. The number of furan rings is 1. The first-order valence-electron chi connectivity index (χ1n) is 9.52. The third-order valence-corrected chi connectivity index (χ3v) is 4.58. The number of aryl methyl sites for hydroxylation is 1. The van der Waals surface area contributed by atoms with E-state index in [1.54, 1.807) is 13.0 Å². The Morgan fingerprint density at radius 2 is 2.12 bits per heavy atom. The van der Waals surface area contributed by atoms with Gasteiger partial charge >= 0.3 is 5.97 Å². The molecule has 2 heterocycles. The molecule has 146 valence electrons. The van der Waals surface area contributed by atoms with E-state index in [4.69, 9.17) is 9.15 Å². The highest BCUT2D eigenvalue weighted by Crippen LogP contribution is 2.16. The fourth-order valence-electron chi connectivity index (χ4n) is 3.22. The van der Waals surface area contributed by atoms with Gasteiger partial charge in [-0.05, 0) is 45.7 Å². The van der Waals surface area contributed by atoms with Crippen molar-refractivity contribution in [3.8, 4) is 0 Å². The molecule has 1 aliphatic rings. The second-order valence-corrected chi connectivity index (χ2v) is 6.63. The fourth-order valence-corrected chi connectivity index (χ4v) is 3.22. The number of rotatable bonds is 7. The van der Waals surface area contributed by atoms with Crippen LogP contribution in [-0.2, 0) is 11.3 Å². The maximum absolute atomic E-state index is 11.7. The van der Waals surface area contributed by atoms with Crippen molar-refractivity contribution in [2.45, 2.75) is 52.6 Å². The van der Waals surface area contributed by atoms with Gasteiger partial charge in [-0.1, -0.05) is 6.92 Å². The van der Waals surface area contributed by atoms with Crippen LogP contribution in [0.4, 0.5) is 0 Å². The smallest absolute Gasteiger partial charge is 0.341 e. The highest BCUT2D eigenvalue weighted by atomic mass is 16.5. The fraction of sp³-hybridized carbons (Fsp3) is 0.684. The first kappa shape index (κ1) is 20.3. The summed E-state index contributed by atoms with van der Waals surface area (Å²) < 4.78 is 10.4. The molecular formula is C19H32N4O3. The maximum Gasteiger partial charge on any atom is 0.341 e. The zero-order valence-corrected chi connectivity index (χ0v) is 16.4. The van der Waals surface area contributed by atoms with Crippen molar-refractivity contribution in [3.63, 3.8) is 0 Å². The van der Waals surface area contributed by atoms with E-state index in [0.29, 0.717) is 29.7 Å². The van der Waals surface area contributed by atoms with Crippen LogP contribution in [0.1, 0.15) is 55.0 Å². The Labute approximate surface area is 156 Å². The molecule has 2 N–H and O–H groups in total. The summed E-state index contributed by atoms with van der Waals surface area (Å²) in [5.74, 6) is 1.61. The standard InChI is InChI=1S/C19H32N4O3/c1-5-9-23-10-7-15(8-11-23)22-19(20-6-2)21-13-16-12-17(14(3)26-16)18(24)25-4/h12,15H,5-11,13H2,1-4H3,(H2,20,21,22). The molecule has 2 rings (SSSR count). The number of piperidine rings is 1. The van der Waals surface area contributed by atoms with Gasteiger partial charge in [-0.15, -0.1) is 0 Å².